The number of halogens is 1. The highest BCUT2D eigenvalue weighted by Crippen LogP contribution is 2.24. The quantitative estimate of drug-likeness (QED) is 0.534. The Bertz CT molecular complexity index is 1170. The van der Waals surface area contributed by atoms with Crippen LogP contribution in [0.5, 0.6) is 0 Å². The summed E-state index contributed by atoms with van der Waals surface area (Å²) in [7, 11) is 0. The van der Waals surface area contributed by atoms with E-state index in [0.717, 1.165) is 12.8 Å². The molecule has 8 nitrogen and oxygen atoms in total. The van der Waals surface area contributed by atoms with Gasteiger partial charge in [-0.1, -0.05) is 41.9 Å². The molecule has 2 aromatic carbocycles. The largest absolute Gasteiger partial charge is 0.452 e. The smallest absolute Gasteiger partial charge is 0.343 e. The van der Waals surface area contributed by atoms with E-state index in [-0.39, 0.29) is 22.7 Å². The van der Waals surface area contributed by atoms with Crippen LogP contribution in [0.15, 0.2) is 54.6 Å². The van der Waals surface area contributed by atoms with Crippen molar-refractivity contribution in [1.82, 2.24) is 15.1 Å². The normalized spacial score (nSPS) is 12.8. The van der Waals surface area contributed by atoms with Gasteiger partial charge in [0.05, 0.1) is 22.6 Å². The molecule has 1 aliphatic carbocycles. The van der Waals surface area contributed by atoms with E-state index in [2.05, 4.69) is 15.7 Å². The van der Waals surface area contributed by atoms with E-state index in [0.29, 0.717) is 22.6 Å². The maximum atomic E-state index is 12.6. The third kappa shape index (κ3) is 4.81. The number of hydrogen-bond acceptors (Lipinski definition) is 5. The van der Waals surface area contributed by atoms with Crippen LogP contribution in [0, 0.1) is 6.92 Å². The number of nitrogens with one attached hydrogen (secondary N) is 2. The van der Waals surface area contributed by atoms with Gasteiger partial charge in [0.2, 0.25) is 0 Å². The van der Waals surface area contributed by atoms with E-state index in [1.807, 2.05) is 18.2 Å². The van der Waals surface area contributed by atoms with Gasteiger partial charge in [0.1, 0.15) is 10.7 Å². The van der Waals surface area contributed by atoms with Crippen LogP contribution in [0.25, 0.3) is 5.69 Å². The molecular formula is C23H21ClN4O4. The SMILES string of the molecule is Cc1nn(-c2ccccc2)c(Cl)c1C(=O)OCC(=O)Nc1ccccc1C(=O)NC1CC1. The Morgan fingerprint density at radius 1 is 1.09 bits per heavy atom. The molecule has 9 heteroatoms. The van der Waals surface area contributed by atoms with Crippen LogP contribution in [-0.4, -0.2) is 40.2 Å². The number of esters is 1. The van der Waals surface area contributed by atoms with Gasteiger partial charge < -0.3 is 15.4 Å². The number of amides is 2. The van der Waals surface area contributed by atoms with Gasteiger partial charge in [-0.15, -0.1) is 0 Å². The molecule has 0 atom stereocenters. The Morgan fingerprint density at radius 3 is 2.50 bits per heavy atom. The lowest BCUT2D eigenvalue weighted by molar-refractivity contribution is -0.119. The molecule has 0 spiro atoms. The predicted molar refractivity (Wildman–Crippen MR) is 119 cm³/mol. The molecule has 0 radical (unpaired) electrons. The molecular weight excluding hydrogens is 432 g/mol. The number of aromatic nitrogens is 2. The van der Waals surface area contributed by atoms with Crippen LogP contribution in [-0.2, 0) is 9.53 Å². The number of ether oxygens (including phenoxy) is 1. The monoisotopic (exact) mass is 452 g/mol. The number of hydrogen-bond donors (Lipinski definition) is 2. The summed E-state index contributed by atoms with van der Waals surface area (Å²) in [6, 6.07) is 16.0. The number of anilines is 1. The van der Waals surface area contributed by atoms with Gasteiger partial charge in [-0.05, 0) is 44.0 Å². The Hall–Kier alpha value is -3.65. The number of carbonyl (C=O) groups excluding carboxylic acids is 3. The number of benzene rings is 2. The van der Waals surface area contributed by atoms with Crippen LogP contribution in [0.3, 0.4) is 0 Å². The number of rotatable bonds is 7. The highest BCUT2D eigenvalue weighted by molar-refractivity contribution is 6.33. The molecule has 1 aliphatic rings. The minimum absolute atomic E-state index is 0.0903. The first-order valence-electron chi connectivity index (χ1n) is 10.1. The second kappa shape index (κ2) is 9.23. The van der Waals surface area contributed by atoms with Gasteiger partial charge in [-0.3, -0.25) is 9.59 Å². The summed E-state index contributed by atoms with van der Waals surface area (Å²) in [5.41, 5.74) is 1.86. The van der Waals surface area contributed by atoms with Crippen molar-refractivity contribution in [2.24, 2.45) is 0 Å². The van der Waals surface area contributed by atoms with E-state index in [1.54, 1.807) is 43.3 Å². The van der Waals surface area contributed by atoms with E-state index in [9.17, 15) is 14.4 Å². The Morgan fingerprint density at radius 2 is 1.78 bits per heavy atom. The van der Waals surface area contributed by atoms with E-state index >= 15 is 0 Å². The molecule has 1 heterocycles. The number of carbonyl (C=O) groups is 3. The maximum absolute atomic E-state index is 12.6. The summed E-state index contributed by atoms with van der Waals surface area (Å²) in [5, 5.41) is 9.90. The number of para-hydroxylation sites is 2. The van der Waals surface area contributed by atoms with E-state index in [1.165, 1.54) is 4.68 Å². The van der Waals surface area contributed by atoms with Crippen LogP contribution >= 0.6 is 11.6 Å². The highest BCUT2D eigenvalue weighted by atomic mass is 35.5. The third-order valence-electron chi connectivity index (χ3n) is 4.90. The summed E-state index contributed by atoms with van der Waals surface area (Å²) >= 11 is 6.36. The van der Waals surface area contributed by atoms with Crippen molar-refractivity contribution in [1.29, 1.82) is 0 Å². The summed E-state index contributed by atoms with van der Waals surface area (Å²) in [6.45, 7) is 1.10. The van der Waals surface area contributed by atoms with Crippen molar-refractivity contribution in [3.8, 4) is 5.69 Å². The van der Waals surface area contributed by atoms with Gasteiger partial charge in [0.15, 0.2) is 6.61 Å². The predicted octanol–water partition coefficient (Wildman–Crippen LogP) is 3.52. The lowest BCUT2D eigenvalue weighted by atomic mass is 10.1. The zero-order valence-electron chi connectivity index (χ0n) is 17.3. The molecule has 0 aliphatic heterocycles. The van der Waals surface area contributed by atoms with Crippen LogP contribution < -0.4 is 10.6 Å². The highest BCUT2D eigenvalue weighted by Gasteiger charge is 2.26. The van der Waals surface area contributed by atoms with Crippen molar-refractivity contribution >= 4 is 35.1 Å². The fraction of sp³-hybridized carbons (Fsp3) is 0.217. The second-order valence-corrected chi connectivity index (χ2v) is 7.77. The van der Waals surface area contributed by atoms with Gasteiger partial charge >= 0.3 is 5.97 Å². The summed E-state index contributed by atoms with van der Waals surface area (Å²) in [6.07, 6.45) is 1.91. The van der Waals surface area contributed by atoms with Gasteiger partial charge in [-0.2, -0.15) is 5.10 Å². The fourth-order valence-electron chi connectivity index (χ4n) is 3.14. The second-order valence-electron chi connectivity index (χ2n) is 7.42. The molecule has 4 rings (SSSR count). The number of aryl methyl sites for hydroxylation is 1. The molecule has 0 bridgehead atoms. The van der Waals surface area contributed by atoms with Gasteiger partial charge in [-0.25, -0.2) is 9.48 Å². The molecule has 0 unspecified atom stereocenters. The summed E-state index contributed by atoms with van der Waals surface area (Å²) in [5.74, 6) is -1.59. The Balaban J connectivity index is 1.41. The minimum atomic E-state index is -0.760. The van der Waals surface area contributed by atoms with Gasteiger partial charge in [0, 0.05) is 6.04 Å². The number of nitrogens with zero attached hydrogens (tertiary/aromatic N) is 2. The first-order valence-corrected chi connectivity index (χ1v) is 10.5. The van der Waals surface area contributed by atoms with Gasteiger partial charge in [0.25, 0.3) is 11.8 Å². The van der Waals surface area contributed by atoms with E-state index in [4.69, 9.17) is 16.3 Å². The first kappa shape index (κ1) is 21.6. The lowest BCUT2D eigenvalue weighted by Gasteiger charge is -2.11. The topological polar surface area (TPSA) is 102 Å². The molecule has 32 heavy (non-hydrogen) atoms. The van der Waals surface area contributed by atoms with Crippen LogP contribution in [0.2, 0.25) is 5.15 Å². The fourth-order valence-corrected chi connectivity index (χ4v) is 3.49. The zero-order chi connectivity index (χ0) is 22.7. The molecule has 1 fully saturated rings. The average Bonchev–Trinajstić information content (AvgIpc) is 3.55. The maximum Gasteiger partial charge on any atom is 0.343 e. The van der Waals surface area contributed by atoms with Crippen LogP contribution in [0.4, 0.5) is 5.69 Å². The molecule has 2 N–H and O–H groups in total. The summed E-state index contributed by atoms with van der Waals surface area (Å²) < 4.78 is 6.59. The molecule has 1 aromatic heterocycles. The third-order valence-corrected chi connectivity index (χ3v) is 5.25. The van der Waals surface area contributed by atoms with Crippen molar-refractivity contribution in [2.75, 3.05) is 11.9 Å². The van der Waals surface area contributed by atoms with Crippen molar-refractivity contribution < 1.29 is 19.1 Å². The van der Waals surface area contributed by atoms with Crippen molar-refractivity contribution in [2.45, 2.75) is 25.8 Å². The summed E-state index contributed by atoms with van der Waals surface area (Å²) in [4.78, 5) is 37.3. The van der Waals surface area contributed by atoms with E-state index < -0.39 is 18.5 Å². The Labute approximate surface area is 189 Å². The zero-order valence-corrected chi connectivity index (χ0v) is 18.1. The Kier molecular flexibility index (Phi) is 6.23. The van der Waals surface area contributed by atoms with Crippen molar-refractivity contribution in [3.63, 3.8) is 0 Å². The molecule has 0 saturated heterocycles. The van der Waals surface area contributed by atoms with Crippen molar-refractivity contribution in [3.05, 3.63) is 76.6 Å². The minimum Gasteiger partial charge on any atom is -0.452 e. The standard InChI is InChI=1S/C23H21ClN4O4/c1-14-20(21(24)28(27-14)16-7-3-2-4-8-16)23(31)32-13-19(29)26-18-10-6-5-9-17(18)22(30)25-15-11-12-15/h2-10,15H,11-13H2,1H3,(H,25,30)(H,26,29). The average molecular weight is 453 g/mol. The van der Waals surface area contributed by atoms with Crippen LogP contribution in [0.1, 0.15) is 39.3 Å². The lowest BCUT2D eigenvalue weighted by Crippen LogP contribution is -2.28. The molecule has 164 valence electrons. The molecule has 3 aromatic rings. The molecule has 2 amide bonds. The molecule has 1 saturated carbocycles. The first-order chi connectivity index (χ1) is 15.4.